The van der Waals surface area contributed by atoms with Gasteiger partial charge in [0, 0.05) is 18.0 Å². The zero-order chi connectivity index (χ0) is 10.3. The lowest BCUT2D eigenvalue weighted by atomic mass is 10.1. The van der Waals surface area contributed by atoms with Gasteiger partial charge in [-0.25, -0.2) is 4.98 Å². The quantitative estimate of drug-likeness (QED) is 0.652. The molecule has 4 nitrogen and oxygen atoms in total. The van der Waals surface area contributed by atoms with E-state index in [0.29, 0.717) is 6.67 Å². The number of carbonyl (C=O) groups is 1. The van der Waals surface area contributed by atoms with Gasteiger partial charge in [-0.1, -0.05) is 12.1 Å². The third-order valence-corrected chi connectivity index (χ3v) is 2.60. The molecule has 4 heteroatoms. The maximum Gasteiger partial charge on any atom is 0.215 e. The summed E-state index contributed by atoms with van der Waals surface area (Å²) in [6.07, 6.45) is 4.48. The molecule has 0 N–H and O–H groups in total. The Kier molecular flexibility index (Phi) is 1.62. The van der Waals surface area contributed by atoms with Gasteiger partial charge in [-0.05, 0) is 12.1 Å². The van der Waals surface area contributed by atoms with Gasteiger partial charge in [-0.2, -0.15) is 0 Å². The molecule has 2 aromatic rings. The van der Waals surface area contributed by atoms with Crippen molar-refractivity contribution in [1.29, 1.82) is 0 Å². The van der Waals surface area contributed by atoms with E-state index in [1.807, 2.05) is 35.0 Å². The predicted molar refractivity (Wildman–Crippen MR) is 56.2 cm³/mol. The fraction of sp³-hybridized carbons (Fsp3) is 0.0909. The predicted octanol–water partition coefficient (Wildman–Crippen LogP) is 1.48. The van der Waals surface area contributed by atoms with Gasteiger partial charge in [0.1, 0.15) is 12.5 Å². The molecule has 0 saturated carbocycles. The molecule has 0 bridgehead atoms. The summed E-state index contributed by atoms with van der Waals surface area (Å²) in [5.41, 5.74) is 1.92. The monoisotopic (exact) mass is 199 g/mol. The number of fused-ring (bicyclic) bond motifs is 3. The van der Waals surface area contributed by atoms with Crippen LogP contribution in [0.3, 0.4) is 0 Å². The van der Waals surface area contributed by atoms with Crippen LogP contribution in [0.1, 0.15) is 0 Å². The van der Waals surface area contributed by atoms with Gasteiger partial charge in [-0.15, -0.1) is 0 Å². The molecule has 0 atom stereocenters. The average molecular weight is 199 g/mol. The number of rotatable bonds is 1. The second kappa shape index (κ2) is 2.95. The molecule has 1 amide bonds. The molecule has 1 aromatic heterocycles. The number of anilines is 1. The van der Waals surface area contributed by atoms with Crippen molar-refractivity contribution in [3.05, 3.63) is 36.7 Å². The van der Waals surface area contributed by atoms with Gasteiger partial charge >= 0.3 is 0 Å². The maximum absolute atomic E-state index is 10.9. The van der Waals surface area contributed by atoms with Crippen molar-refractivity contribution >= 4 is 12.1 Å². The van der Waals surface area contributed by atoms with Gasteiger partial charge in [0.05, 0.1) is 5.69 Å². The van der Waals surface area contributed by atoms with Crippen LogP contribution in [0, 0.1) is 0 Å². The second-order valence-electron chi connectivity index (χ2n) is 3.45. The molecule has 15 heavy (non-hydrogen) atoms. The molecule has 74 valence electrons. The fourth-order valence-corrected chi connectivity index (χ4v) is 1.91. The normalized spacial score (nSPS) is 13.2. The number of benzene rings is 1. The summed E-state index contributed by atoms with van der Waals surface area (Å²) in [6, 6.07) is 7.78. The van der Waals surface area contributed by atoms with Crippen molar-refractivity contribution < 1.29 is 4.79 Å². The smallest absolute Gasteiger partial charge is 0.215 e. The number of hydrogen-bond acceptors (Lipinski definition) is 2. The van der Waals surface area contributed by atoms with E-state index in [-0.39, 0.29) is 0 Å². The van der Waals surface area contributed by atoms with Crippen LogP contribution in [0.2, 0.25) is 0 Å². The van der Waals surface area contributed by atoms with Crippen LogP contribution in [-0.2, 0) is 11.5 Å². The standard InChI is InChI=1S/C11H9N3O/c15-8-14-7-13-6-5-12-11(13)9-3-1-2-4-10(9)14/h1-6,8H,7H2. The summed E-state index contributed by atoms with van der Waals surface area (Å²) >= 11 is 0. The molecule has 0 saturated heterocycles. The Bertz CT molecular complexity index is 518. The zero-order valence-corrected chi connectivity index (χ0v) is 8.00. The number of hydrogen-bond donors (Lipinski definition) is 0. The van der Waals surface area contributed by atoms with Crippen molar-refractivity contribution in [2.45, 2.75) is 6.67 Å². The first-order valence-corrected chi connectivity index (χ1v) is 4.72. The summed E-state index contributed by atoms with van der Waals surface area (Å²) in [7, 11) is 0. The Hall–Kier alpha value is -2.10. The summed E-state index contributed by atoms with van der Waals surface area (Å²) in [5, 5.41) is 0. The number of amides is 1. The molecule has 0 spiro atoms. The molecule has 0 unspecified atom stereocenters. The van der Waals surface area contributed by atoms with Crippen molar-refractivity contribution in [2.75, 3.05) is 4.90 Å². The zero-order valence-electron chi connectivity index (χ0n) is 8.00. The number of aromatic nitrogens is 2. The minimum atomic E-state index is 0.538. The SMILES string of the molecule is O=CN1Cn2ccnc2-c2ccccc21. The Balaban J connectivity index is 2.28. The molecule has 1 aromatic carbocycles. The average Bonchev–Trinajstić information content (AvgIpc) is 2.76. The van der Waals surface area contributed by atoms with Crippen molar-refractivity contribution in [3.8, 4) is 11.4 Å². The van der Waals surface area contributed by atoms with Gasteiger partial charge in [0.15, 0.2) is 0 Å². The van der Waals surface area contributed by atoms with Gasteiger partial charge < -0.3 is 4.57 Å². The molecule has 0 aliphatic carbocycles. The summed E-state index contributed by atoms with van der Waals surface area (Å²) in [5.74, 6) is 0.920. The van der Waals surface area contributed by atoms with E-state index in [9.17, 15) is 4.79 Å². The van der Waals surface area contributed by atoms with Gasteiger partial charge in [0.25, 0.3) is 0 Å². The van der Waals surface area contributed by atoms with Crippen LogP contribution in [0.25, 0.3) is 11.4 Å². The van der Waals surface area contributed by atoms with E-state index in [1.165, 1.54) is 0 Å². The van der Waals surface area contributed by atoms with Crippen molar-refractivity contribution in [3.63, 3.8) is 0 Å². The number of nitrogens with zero attached hydrogens (tertiary/aromatic N) is 3. The Morgan fingerprint density at radius 2 is 2.20 bits per heavy atom. The van der Waals surface area contributed by atoms with Crippen LogP contribution in [0.4, 0.5) is 5.69 Å². The highest BCUT2D eigenvalue weighted by molar-refractivity contribution is 5.86. The second-order valence-corrected chi connectivity index (χ2v) is 3.45. The van der Waals surface area contributed by atoms with Crippen LogP contribution in [0.5, 0.6) is 0 Å². The molecule has 2 heterocycles. The molecule has 1 aliphatic heterocycles. The molecule has 1 aliphatic rings. The Morgan fingerprint density at radius 1 is 1.33 bits per heavy atom. The highest BCUT2D eigenvalue weighted by Gasteiger charge is 2.21. The first-order valence-electron chi connectivity index (χ1n) is 4.72. The molecular formula is C11H9N3O. The van der Waals surface area contributed by atoms with E-state index in [2.05, 4.69) is 4.98 Å². The minimum Gasteiger partial charge on any atom is -0.312 e. The molecule has 0 fully saturated rings. The van der Waals surface area contributed by atoms with Crippen LogP contribution < -0.4 is 4.90 Å². The summed E-state index contributed by atoms with van der Waals surface area (Å²) < 4.78 is 1.96. The third-order valence-electron chi connectivity index (χ3n) is 2.60. The lowest BCUT2D eigenvalue weighted by molar-refractivity contribution is -0.107. The maximum atomic E-state index is 10.9. The lowest BCUT2D eigenvalue weighted by Crippen LogP contribution is -2.28. The number of imidazole rings is 1. The van der Waals surface area contributed by atoms with Gasteiger partial charge in [0.2, 0.25) is 6.41 Å². The lowest BCUT2D eigenvalue weighted by Gasteiger charge is -2.26. The van der Waals surface area contributed by atoms with E-state index < -0.39 is 0 Å². The highest BCUT2D eigenvalue weighted by atomic mass is 16.1. The fourth-order valence-electron chi connectivity index (χ4n) is 1.91. The van der Waals surface area contributed by atoms with Crippen molar-refractivity contribution in [2.24, 2.45) is 0 Å². The largest absolute Gasteiger partial charge is 0.312 e. The van der Waals surface area contributed by atoms with Crippen LogP contribution in [0.15, 0.2) is 36.7 Å². The molecule has 0 radical (unpaired) electrons. The summed E-state index contributed by atoms with van der Waals surface area (Å²) in [4.78, 5) is 16.9. The molecular weight excluding hydrogens is 190 g/mol. The van der Waals surface area contributed by atoms with E-state index in [0.717, 1.165) is 23.5 Å². The Labute approximate surface area is 86.8 Å². The summed E-state index contributed by atoms with van der Waals surface area (Å²) in [6.45, 7) is 0.538. The van der Waals surface area contributed by atoms with E-state index >= 15 is 0 Å². The minimum absolute atomic E-state index is 0.538. The topological polar surface area (TPSA) is 38.1 Å². The van der Waals surface area contributed by atoms with E-state index in [1.54, 1.807) is 11.1 Å². The van der Waals surface area contributed by atoms with Gasteiger partial charge in [-0.3, -0.25) is 9.69 Å². The number of carbonyl (C=O) groups excluding carboxylic acids is 1. The van der Waals surface area contributed by atoms with Crippen molar-refractivity contribution in [1.82, 2.24) is 9.55 Å². The molecule has 3 rings (SSSR count). The first-order chi connectivity index (χ1) is 7.40. The number of para-hydroxylation sites is 1. The first kappa shape index (κ1) is 8.23. The van der Waals surface area contributed by atoms with Crippen LogP contribution >= 0.6 is 0 Å². The van der Waals surface area contributed by atoms with Crippen LogP contribution in [-0.4, -0.2) is 16.0 Å². The third kappa shape index (κ3) is 1.08. The Morgan fingerprint density at radius 3 is 3.07 bits per heavy atom. The van der Waals surface area contributed by atoms with E-state index in [4.69, 9.17) is 0 Å². The highest BCUT2D eigenvalue weighted by Crippen LogP contribution is 2.33.